The zero-order chi connectivity index (χ0) is 18.6. The highest BCUT2D eigenvalue weighted by Crippen LogP contribution is 2.31. The van der Waals surface area contributed by atoms with Crippen LogP contribution in [0, 0.1) is 6.92 Å². The van der Waals surface area contributed by atoms with Crippen molar-refractivity contribution in [2.24, 2.45) is 0 Å². The van der Waals surface area contributed by atoms with E-state index in [1.807, 2.05) is 27.1 Å². The highest BCUT2D eigenvalue weighted by atomic mass is 16.5. The molecule has 2 rings (SSSR count). The van der Waals surface area contributed by atoms with Gasteiger partial charge in [0.2, 0.25) is 5.91 Å². The lowest BCUT2D eigenvalue weighted by molar-refractivity contribution is -0.134. The lowest BCUT2D eigenvalue weighted by Gasteiger charge is -2.38. The number of carbonyl (C=O) groups excluding carboxylic acids is 1. The normalized spacial score (nSPS) is 17.2. The van der Waals surface area contributed by atoms with Crippen LogP contribution in [0.3, 0.4) is 0 Å². The number of benzene rings is 1. The summed E-state index contributed by atoms with van der Waals surface area (Å²) in [5.74, 6) is 1.71. The molecule has 1 amide bonds. The number of aryl methyl sites for hydroxylation is 1. The Labute approximate surface area is 151 Å². The van der Waals surface area contributed by atoms with Gasteiger partial charge in [0.25, 0.3) is 0 Å². The molecule has 0 spiro atoms. The van der Waals surface area contributed by atoms with Crippen molar-refractivity contribution < 1.29 is 14.3 Å². The van der Waals surface area contributed by atoms with E-state index in [-0.39, 0.29) is 11.9 Å². The molecule has 0 N–H and O–H groups in total. The lowest BCUT2D eigenvalue weighted by Crippen LogP contribution is -2.53. The summed E-state index contributed by atoms with van der Waals surface area (Å²) < 4.78 is 10.8. The van der Waals surface area contributed by atoms with Crippen LogP contribution in [0.15, 0.2) is 12.1 Å². The number of methoxy groups -OCH3 is 2. The van der Waals surface area contributed by atoms with E-state index in [2.05, 4.69) is 22.8 Å². The van der Waals surface area contributed by atoms with Gasteiger partial charge >= 0.3 is 0 Å². The van der Waals surface area contributed by atoms with Gasteiger partial charge in [0.1, 0.15) is 0 Å². The molecule has 6 nitrogen and oxygen atoms in total. The number of hydrogen-bond acceptors (Lipinski definition) is 5. The fourth-order valence-corrected chi connectivity index (χ4v) is 3.27. The van der Waals surface area contributed by atoms with Gasteiger partial charge in [0.15, 0.2) is 11.5 Å². The van der Waals surface area contributed by atoms with Crippen molar-refractivity contribution in [3.8, 4) is 11.5 Å². The van der Waals surface area contributed by atoms with Gasteiger partial charge in [-0.05, 0) is 37.1 Å². The molecule has 0 saturated carbocycles. The van der Waals surface area contributed by atoms with Gasteiger partial charge in [-0.2, -0.15) is 0 Å². The first-order valence-corrected chi connectivity index (χ1v) is 8.76. The van der Waals surface area contributed by atoms with E-state index in [4.69, 9.17) is 9.47 Å². The predicted octanol–water partition coefficient (Wildman–Crippen LogP) is 1.61. The van der Waals surface area contributed by atoms with E-state index in [0.29, 0.717) is 0 Å². The van der Waals surface area contributed by atoms with Gasteiger partial charge in [0.05, 0.1) is 20.3 Å². The molecule has 1 heterocycles. The Morgan fingerprint density at radius 2 is 1.68 bits per heavy atom. The van der Waals surface area contributed by atoms with Gasteiger partial charge in [-0.15, -0.1) is 0 Å². The molecule has 1 aliphatic rings. The van der Waals surface area contributed by atoms with Gasteiger partial charge in [-0.3, -0.25) is 14.6 Å². The fraction of sp³-hybridized carbons (Fsp3) is 0.632. The van der Waals surface area contributed by atoms with Crippen molar-refractivity contribution >= 4 is 5.91 Å². The van der Waals surface area contributed by atoms with Crippen molar-refractivity contribution in [2.45, 2.75) is 26.4 Å². The molecule has 0 unspecified atom stereocenters. The second-order valence-electron chi connectivity index (χ2n) is 6.85. The molecule has 0 radical (unpaired) electrons. The maximum atomic E-state index is 12.1. The largest absolute Gasteiger partial charge is 0.493 e. The van der Waals surface area contributed by atoms with Gasteiger partial charge in [-0.1, -0.05) is 0 Å². The Kier molecular flexibility index (Phi) is 6.67. The Bertz CT molecular complexity index is 596. The van der Waals surface area contributed by atoms with Crippen LogP contribution >= 0.6 is 0 Å². The molecule has 0 aromatic heterocycles. The van der Waals surface area contributed by atoms with Crippen LogP contribution in [0.5, 0.6) is 11.5 Å². The highest BCUT2D eigenvalue weighted by molar-refractivity contribution is 5.80. The summed E-state index contributed by atoms with van der Waals surface area (Å²) in [7, 11) is 6.95. The minimum absolute atomic E-state index is 0.0556. The summed E-state index contributed by atoms with van der Waals surface area (Å²) >= 11 is 0. The zero-order valence-corrected chi connectivity index (χ0v) is 16.3. The first-order chi connectivity index (χ1) is 11.9. The molecule has 0 aliphatic carbocycles. The lowest BCUT2D eigenvalue weighted by atomic mass is 10.1. The number of amides is 1. The molecule has 1 atom stereocenters. The maximum Gasteiger partial charge on any atom is 0.239 e. The van der Waals surface area contributed by atoms with Crippen LogP contribution in [0.1, 0.15) is 18.1 Å². The van der Waals surface area contributed by atoms with Crippen molar-refractivity contribution in [1.82, 2.24) is 14.7 Å². The molecule has 1 aliphatic heterocycles. The van der Waals surface area contributed by atoms with Crippen LogP contribution in [0.4, 0.5) is 0 Å². The molecular weight excluding hydrogens is 318 g/mol. The topological polar surface area (TPSA) is 45.2 Å². The molecular formula is C19H31N3O3. The summed E-state index contributed by atoms with van der Waals surface area (Å²) in [6, 6.07) is 4.04. The van der Waals surface area contributed by atoms with Gasteiger partial charge < -0.3 is 14.4 Å². The fourth-order valence-electron chi connectivity index (χ4n) is 3.27. The molecule has 0 bridgehead atoms. The summed E-state index contributed by atoms with van der Waals surface area (Å²) in [5.41, 5.74) is 2.46. The summed E-state index contributed by atoms with van der Waals surface area (Å²) in [4.78, 5) is 18.5. The van der Waals surface area contributed by atoms with E-state index in [9.17, 15) is 4.79 Å². The highest BCUT2D eigenvalue weighted by Gasteiger charge is 2.26. The van der Waals surface area contributed by atoms with Gasteiger partial charge in [0, 0.05) is 46.8 Å². The Morgan fingerprint density at radius 3 is 2.20 bits per heavy atom. The number of piperazine rings is 1. The van der Waals surface area contributed by atoms with Gasteiger partial charge in [-0.25, -0.2) is 0 Å². The van der Waals surface area contributed by atoms with E-state index in [0.717, 1.165) is 44.2 Å². The maximum absolute atomic E-state index is 12.1. The van der Waals surface area contributed by atoms with E-state index < -0.39 is 0 Å². The monoisotopic (exact) mass is 349 g/mol. The molecule has 1 saturated heterocycles. The number of likely N-dealkylation sites (N-methyl/N-ethyl adjacent to an activating group) is 1. The Balaban J connectivity index is 1.97. The molecule has 1 aromatic carbocycles. The number of hydrogen-bond donors (Lipinski definition) is 0. The number of carbonyl (C=O) groups is 1. The minimum Gasteiger partial charge on any atom is -0.493 e. The predicted molar refractivity (Wildman–Crippen MR) is 99.3 cm³/mol. The minimum atomic E-state index is -0.0556. The zero-order valence-electron chi connectivity index (χ0n) is 16.3. The van der Waals surface area contributed by atoms with Crippen LogP contribution in [-0.2, 0) is 11.3 Å². The molecule has 25 heavy (non-hydrogen) atoms. The molecule has 140 valence electrons. The second-order valence-corrected chi connectivity index (χ2v) is 6.85. The number of rotatable bonds is 6. The summed E-state index contributed by atoms with van der Waals surface area (Å²) in [6.45, 7) is 8.72. The quantitative estimate of drug-likeness (QED) is 0.781. The smallest absolute Gasteiger partial charge is 0.239 e. The molecule has 1 fully saturated rings. The summed E-state index contributed by atoms with van der Waals surface area (Å²) in [5, 5.41) is 0. The first-order valence-electron chi connectivity index (χ1n) is 8.76. The number of ether oxygens (including phenoxy) is 2. The third-order valence-electron chi connectivity index (χ3n) is 4.99. The molecule has 6 heteroatoms. The molecule has 1 aromatic rings. The number of nitrogens with zero attached hydrogens (tertiary/aromatic N) is 3. The van der Waals surface area contributed by atoms with E-state index >= 15 is 0 Å². The second kappa shape index (κ2) is 8.54. The average Bonchev–Trinajstić information content (AvgIpc) is 2.62. The van der Waals surface area contributed by atoms with Crippen LogP contribution in [-0.4, -0.2) is 81.1 Å². The summed E-state index contributed by atoms with van der Waals surface area (Å²) in [6.07, 6.45) is 0. The van der Waals surface area contributed by atoms with Crippen LogP contribution in [0.2, 0.25) is 0 Å². The average molecular weight is 349 g/mol. The third kappa shape index (κ3) is 4.64. The Morgan fingerprint density at radius 1 is 1.12 bits per heavy atom. The van der Waals surface area contributed by atoms with Crippen molar-refractivity contribution in [1.29, 1.82) is 0 Å². The Hall–Kier alpha value is -1.79. The van der Waals surface area contributed by atoms with Crippen LogP contribution in [0.25, 0.3) is 0 Å². The SMILES string of the molecule is COc1cc(C)c(CN2CCN([C@H](C)C(=O)N(C)C)CC2)cc1OC. The van der Waals surface area contributed by atoms with Crippen molar-refractivity contribution in [3.63, 3.8) is 0 Å². The van der Waals surface area contributed by atoms with Crippen LogP contribution < -0.4 is 9.47 Å². The first kappa shape index (κ1) is 19.5. The van der Waals surface area contributed by atoms with Crippen molar-refractivity contribution in [2.75, 3.05) is 54.5 Å². The van der Waals surface area contributed by atoms with E-state index in [1.54, 1.807) is 19.1 Å². The van der Waals surface area contributed by atoms with Crippen molar-refractivity contribution in [3.05, 3.63) is 23.3 Å². The van der Waals surface area contributed by atoms with E-state index in [1.165, 1.54) is 11.1 Å². The third-order valence-corrected chi connectivity index (χ3v) is 4.99. The standard InChI is InChI=1S/C19H31N3O3/c1-14-11-17(24-5)18(25-6)12-16(14)13-21-7-9-22(10-8-21)15(2)19(23)20(3)4/h11-12,15H,7-10,13H2,1-6H3/t15-/m1/s1.